The molecule has 2 unspecified atom stereocenters. The van der Waals surface area contributed by atoms with Crippen LogP contribution in [-0.2, 0) is 0 Å². The number of aliphatic hydroxyl groups excluding tert-OH is 1. The zero-order valence-corrected chi connectivity index (χ0v) is 11.3. The summed E-state index contributed by atoms with van der Waals surface area (Å²) in [6.07, 6.45) is 4.10. The second-order valence-corrected chi connectivity index (χ2v) is 5.20. The first-order valence-electron chi connectivity index (χ1n) is 6.80. The van der Waals surface area contributed by atoms with Crippen LogP contribution in [0.2, 0.25) is 0 Å². The van der Waals surface area contributed by atoms with Crippen LogP contribution in [0, 0.1) is 12.8 Å². The van der Waals surface area contributed by atoms with Gasteiger partial charge in [0, 0.05) is 24.4 Å². The molecule has 0 aliphatic heterocycles. The van der Waals surface area contributed by atoms with Gasteiger partial charge in [0.1, 0.15) is 0 Å². The molecule has 20 heavy (non-hydrogen) atoms. The van der Waals surface area contributed by atoms with Crippen molar-refractivity contribution in [2.75, 3.05) is 6.54 Å². The number of aromatic nitrogens is 4. The number of aliphatic hydroxyl groups is 1. The third-order valence-corrected chi connectivity index (χ3v) is 3.78. The van der Waals surface area contributed by atoms with Crippen LogP contribution >= 0.6 is 0 Å². The molecule has 1 saturated carbocycles. The Morgan fingerprint density at radius 1 is 1.55 bits per heavy atom. The summed E-state index contributed by atoms with van der Waals surface area (Å²) in [5.74, 6) is 0.334. The third kappa shape index (κ3) is 2.36. The largest absolute Gasteiger partial charge is 0.393 e. The smallest absolute Gasteiger partial charge is 0.291 e. The highest BCUT2D eigenvalue weighted by atomic mass is 16.3. The average molecular weight is 275 g/mol. The van der Waals surface area contributed by atoms with Gasteiger partial charge in [0.2, 0.25) is 5.82 Å². The molecule has 1 aliphatic carbocycles. The zero-order valence-electron chi connectivity index (χ0n) is 11.3. The molecule has 2 aromatic rings. The van der Waals surface area contributed by atoms with E-state index in [1.54, 1.807) is 16.8 Å². The molecule has 0 aromatic carbocycles. The van der Waals surface area contributed by atoms with Crippen molar-refractivity contribution in [3.8, 4) is 0 Å². The quantitative estimate of drug-likeness (QED) is 0.841. The van der Waals surface area contributed by atoms with E-state index < -0.39 is 0 Å². The second-order valence-electron chi connectivity index (χ2n) is 5.20. The highest BCUT2D eigenvalue weighted by Gasteiger charge is 2.26. The van der Waals surface area contributed by atoms with Gasteiger partial charge in [0.05, 0.1) is 6.10 Å². The topological polar surface area (TPSA) is 92.4 Å². The number of hydrogen-bond acceptors (Lipinski definition) is 5. The van der Waals surface area contributed by atoms with E-state index in [-0.39, 0.29) is 23.8 Å². The predicted octanol–water partition coefficient (Wildman–Crippen LogP) is 0.324. The molecule has 7 heteroatoms. The Hall–Kier alpha value is -2.02. The van der Waals surface area contributed by atoms with Crippen molar-refractivity contribution in [2.24, 2.45) is 5.92 Å². The average Bonchev–Trinajstić information content (AvgIpc) is 3.03. The van der Waals surface area contributed by atoms with E-state index in [0.717, 1.165) is 25.0 Å². The van der Waals surface area contributed by atoms with E-state index in [1.807, 2.05) is 6.92 Å². The number of carbonyl (C=O) groups excluding carboxylic acids is 1. The van der Waals surface area contributed by atoms with Gasteiger partial charge in [0.25, 0.3) is 11.7 Å². The lowest BCUT2D eigenvalue weighted by molar-refractivity contribution is 0.0907. The maximum atomic E-state index is 12.0. The van der Waals surface area contributed by atoms with Crippen LogP contribution in [0.3, 0.4) is 0 Å². The van der Waals surface area contributed by atoms with E-state index in [9.17, 15) is 9.90 Å². The minimum Gasteiger partial charge on any atom is -0.393 e. The maximum Gasteiger partial charge on any atom is 0.291 e. The molecular weight excluding hydrogens is 258 g/mol. The molecule has 106 valence electrons. The number of nitrogens with zero attached hydrogens (tertiary/aromatic N) is 4. The minimum absolute atomic E-state index is 0.110. The van der Waals surface area contributed by atoms with Gasteiger partial charge in [-0.2, -0.15) is 4.98 Å². The first-order valence-corrected chi connectivity index (χ1v) is 6.80. The van der Waals surface area contributed by atoms with E-state index in [2.05, 4.69) is 20.4 Å². The van der Waals surface area contributed by atoms with Gasteiger partial charge in [-0.25, -0.2) is 9.50 Å². The lowest BCUT2D eigenvalue weighted by Gasteiger charge is -2.13. The summed E-state index contributed by atoms with van der Waals surface area (Å²) in [5, 5.41) is 16.7. The molecule has 3 rings (SSSR count). The normalized spacial score (nSPS) is 22.3. The van der Waals surface area contributed by atoms with Crippen molar-refractivity contribution >= 4 is 11.7 Å². The molecule has 7 nitrogen and oxygen atoms in total. The summed E-state index contributed by atoms with van der Waals surface area (Å²) in [6.45, 7) is 2.34. The Morgan fingerprint density at radius 2 is 2.40 bits per heavy atom. The van der Waals surface area contributed by atoms with Gasteiger partial charge in [-0.15, -0.1) is 5.10 Å². The summed E-state index contributed by atoms with van der Waals surface area (Å²) < 4.78 is 1.54. The highest BCUT2D eigenvalue weighted by Crippen LogP contribution is 2.24. The highest BCUT2D eigenvalue weighted by molar-refractivity contribution is 5.90. The van der Waals surface area contributed by atoms with Crippen LogP contribution in [0.5, 0.6) is 0 Å². The SMILES string of the molecule is Cc1ccnc2nc(C(=O)NCC3CCCC3O)nn12. The van der Waals surface area contributed by atoms with Gasteiger partial charge in [-0.1, -0.05) is 6.42 Å². The number of aryl methyl sites for hydroxylation is 1. The van der Waals surface area contributed by atoms with Crippen LogP contribution in [0.1, 0.15) is 35.6 Å². The number of amides is 1. The maximum absolute atomic E-state index is 12.0. The Morgan fingerprint density at radius 3 is 3.10 bits per heavy atom. The van der Waals surface area contributed by atoms with Crippen molar-refractivity contribution in [1.82, 2.24) is 24.9 Å². The van der Waals surface area contributed by atoms with Crippen LogP contribution in [-0.4, -0.2) is 43.2 Å². The fraction of sp³-hybridized carbons (Fsp3) is 0.538. The number of hydrogen-bond donors (Lipinski definition) is 2. The molecule has 0 radical (unpaired) electrons. The monoisotopic (exact) mass is 275 g/mol. The Balaban J connectivity index is 1.71. The molecule has 0 saturated heterocycles. The summed E-state index contributed by atoms with van der Waals surface area (Å²) in [4.78, 5) is 20.2. The van der Waals surface area contributed by atoms with Gasteiger partial charge in [0.15, 0.2) is 0 Å². The Kier molecular flexibility index (Phi) is 3.35. The van der Waals surface area contributed by atoms with Crippen molar-refractivity contribution < 1.29 is 9.90 Å². The van der Waals surface area contributed by atoms with Gasteiger partial charge >= 0.3 is 0 Å². The molecule has 1 fully saturated rings. The predicted molar refractivity (Wildman–Crippen MR) is 71.2 cm³/mol. The second kappa shape index (κ2) is 5.16. The number of rotatable bonds is 3. The summed E-state index contributed by atoms with van der Waals surface area (Å²) >= 11 is 0. The summed E-state index contributed by atoms with van der Waals surface area (Å²) in [7, 11) is 0. The van der Waals surface area contributed by atoms with E-state index in [1.165, 1.54) is 0 Å². The third-order valence-electron chi connectivity index (χ3n) is 3.78. The number of nitrogens with one attached hydrogen (secondary N) is 1. The zero-order chi connectivity index (χ0) is 14.1. The van der Waals surface area contributed by atoms with Crippen molar-refractivity contribution in [1.29, 1.82) is 0 Å². The van der Waals surface area contributed by atoms with E-state index in [0.29, 0.717) is 12.3 Å². The molecule has 2 heterocycles. The minimum atomic E-state index is -0.325. The van der Waals surface area contributed by atoms with E-state index in [4.69, 9.17) is 0 Å². The Labute approximate surface area is 116 Å². The van der Waals surface area contributed by atoms with E-state index >= 15 is 0 Å². The van der Waals surface area contributed by atoms with Crippen LogP contribution in [0.25, 0.3) is 5.78 Å². The first-order chi connectivity index (χ1) is 9.65. The van der Waals surface area contributed by atoms with Crippen LogP contribution in [0.4, 0.5) is 0 Å². The molecule has 2 atom stereocenters. The standard InChI is InChI=1S/C13H17N5O2/c1-8-5-6-14-13-16-11(17-18(8)13)12(20)15-7-9-3-2-4-10(9)19/h5-6,9-10,19H,2-4,7H2,1H3,(H,15,20). The Bertz CT molecular complexity index is 639. The van der Waals surface area contributed by atoms with Crippen molar-refractivity contribution in [3.63, 3.8) is 0 Å². The van der Waals surface area contributed by atoms with Crippen molar-refractivity contribution in [3.05, 3.63) is 23.8 Å². The first kappa shape index (κ1) is 13.0. The lowest BCUT2D eigenvalue weighted by Crippen LogP contribution is -2.33. The summed E-state index contributed by atoms with van der Waals surface area (Å²) in [6, 6.07) is 1.80. The molecule has 0 spiro atoms. The van der Waals surface area contributed by atoms with Crippen molar-refractivity contribution in [2.45, 2.75) is 32.3 Å². The molecule has 2 aromatic heterocycles. The van der Waals surface area contributed by atoms with Crippen LogP contribution in [0.15, 0.2) is 12.3 Å². The molecular formula is C13H17N5O2. The fourth-order valence-corrected chi connectivity index (χ4v) is 2.56. The fourth-order valence-electron chi connectivity index (χ4n) is 2.56. The van der Waals surface area contributed by atoms with Gasteiger partial charge < -0.3 is 10.4 Å². The van der Waals surface area contributed by atoms with Gasteiger partial charge in [-0.3, -0.25) is 4.79 Å². The lowest BCUT2D eigenvalue weighted by atomic mass is 10.1. The molecule has 1 amide bonds. The van der Waals surface area contributed by atoms with Gasteiger partial charge in [-0.05, 0) is 25.8 Å². The summed E-state index contributed by atoms with van der Waals surface area (Å²) in [5.41, 5.74) is 0.868. The van der Waals surface area contributed by atoms with Crippen LogP contribution < -0.4 is 5.32 Å². The molecule has 1 aliphatic rings. The molecule has 2 N–H and O–H groups in total. The molecule has 0 bridgehead atoms. The number of fused-ring (bicyclic) bond motifs is 1. The number of carbonyl (C=O) groups is 1.